The van der Waals surface area contributed by atoms with Crippen molar-refractivity contribution in [3.05, 3.63) is 35.1 Å². The summed E-state index contributed by atoms with van der Waals surface area (Å²) in [7, 11) is 2.05. The van der Waals surface area contributed by atoms with Crippen LogP contribution in [-0.2, 0) is 0 Å². The molecular formula is C15H25FN2. The molecule has 2 N–H and O–H groups in total. The maximum atomic E-state index is 13.4. The van der Waals surface area contributed by atoms with Crippen LogP contribution < -0.4 is 5.73 Å². The third kappa shape index (κ3) is 4.07. The predicted octanol–water partition coefficient (Wildman–Crippen LogP) is 3.11. The molecule has 0 aliphatic rings. The standard InChI is InChI=1S/C15H25FN2/c1-11-6-7-12(16)8-13(11)14(9-17)18(5)10-15(2,3)4/h6-8,14H,9-10,17H2,1-5H3. The Morgan fingerprint density at radius 2 is 1.94 bits per heavy atom. The van der Waals surface area contributed by atoms with Crippen molar-refractivity contribution in [2.75, 3.05) is 20.1 Å². The molecule has 0 heterocycles. The van der Waals surface area contributed by atoms with Crippen LogP contribution in [0.3, 0.4) is 0 Å². The SMILES string of the molecule is Cc1ccc(F)cc1C(CN)N(C)CC(C)(C)C. The molecule has 0 fully saturated rings. The minimum absolute atomic E-state index is 0.0694. The fourth-order valence-corrected chi connectivity index (χ4v) is 2.37. The van der Waals surface area contributed by atoms with E-state index in [0.717, 1.165) is 17.7 Å². The average molecular weight is 252 g/mol. The van der Waals surface area contributed by atoms with Gasteiger partial charge in [-0.15, -0.1) is 0 Å². The molecule has 1 atom stereocenters. The van der Waals surface area contributed by atoms with Crippen LogP contribution >= 0.6 is 0 Å². The molecule has 0 saturated heterocycles. The molecule has 0 aliphatic heterocycles. The zero-order valence-corrected chi connectivity index (χ0v) is 12.1. The molecule has 102 valence electrons. The molecule has 0 saturated carbocycles. The van der Waals surface area contributed by atoms with Crippen LogP contribution in [0.4, 0.5) is 4.39 Å². The van der Waals surface area contributed by atoms with Crippen molar-refractivity contribution >= 4 is 0 Å². The fraction of sp³-hybridized carbons (Fsp3) is 0.600. The highest BCUT2D eigenvalue weighted by molar-refractivity contribution is 5.30. The van der Waals surface area contributed by atoms with Gasteiger partial charge >= 0.3 is 0 Å². The number of likely N-dealkylation sites (N-methyl/N-ethyl adjacent to an activating group) is 1. The van der Waals surface area contributed by atoms with Gasteiger partial charge in [0.2, 0.25) is 0 Å². The second-order valence-electron chi connectivity index (χ2n) is 6.23. The number of aryl methyl sites for hydroxylation is 1. The normalized spacial score (nSPS) is 14.0. The summed E-state index contributed by atoms with van der Waals surface area (Å²) in [5.41, 5.74) is 8.16. The van der Waals surface area contributed by atoms with Crippen molar-refractivity contribution < 1.29 is 4.39 Å². The van der Waals surface area contributed by atoms with E-state index in [1.54, 1.807) is 6.07 Å². The van der Waals surface area contributed by atoms with Gasteiger partial charge < -0.3 is 5.73 Å². The average Bonchev–Trinajstić information content (AvgIpc) is 2.21. The van der Waals surface area contributed by atoms with Crippen LogP contribution in [-0.4, -0.2) is 25.0 Å². The molecule has 1 aromatic rings. The summed E-state index contributed by atoms with van der Waals surface area (Å²) in [5.74, 6) is -0.196. The lowest BCUT2D eigenvalue weighted by atomic mass is 9.93. The predicted molar refractivity (Wildman–Crippen MR) is 75.0 cm³/mol. The Morgan fingerprint density at radius 1 is 1.33 bits per heavy atom. The molecule has 1 aromatic carbocycles. The van der Waals surface area contributed by atoms with E-state index in [-0.39, 0.29) is 17.3 Å². The first-order valence-corrected chi connectivity index (χ1v) is 6.41. The summed E-state index contributed by atoms with van der Waals surface area (Å²) in [4.78, 5) is 2.21. The number of nitrogens with two attached hydrogens (primary N) is 1. The molecule has 0 bridgehead atoms. The summed E-state index contributed by atoms with van der Waals surface area (Å²) >= 11 is 0. The van der Waals surface area contributed by atoms with Crippen molar-refractivity contribution in [1.82, 2.24) is 4.90 Å². The molecule has 0 amide bonds. The van der Waals surface area contributed by atoms with E-state index in [1.165, 1.54) is 6.07 Å². The first kappa shape index (κ1) is 15.1. The lowest BCUT2D eigenvalue weighted by Gasteiger charge is -2.33. The third-order valence-corrected chi connectivity index (χ3v) is 3.08. The maximum Gasteiger partial charge on any atom is 0.123 e. The fourth-order valence-electron chi connectivity index (χ4n) is 2.37. The Balaban J connectivity index is 2.98. The summed E-state index contributed by atoms with van der Waals surface area (Å²) < 4.78 is 13.4. The van der Waals surface area contributed by atoms with Crippen molar-refractivity contribution in [3.63, 3.8) is 0 Å². The van der Waals surface area contributed by atoms with Gasteiger partial charge in [-0.1, -0.05) is 26.8 Å². The zero-order valence-electron chi connectivity index (χ0n) is 12.1. The molecule has 0 aliphatic carbocycles. The number of hydrogen-bond donors (Lipinski definition) is 1. The summed E-state index contributed by atoms with van der Waals surface area (Å²) in [6, 6.07) is 4.99. The highest BCUT2D eigenvalue weighted by Crippen LogP contribution is 2.26. The molecule has 2 nitrogen and oxygen atoms in total. The highest BCUT2D eigenvalue weighted by atomic mass is 19.1. The van der Waals surface area contributed by atoms with Gasteiger partial charge in [-0.2, -0.15) is 0 Å². The second kappa shape index (κ2) is 5.81. The van der Waals surface area contributed by atoms with Crippen molar-refractivity contribution in [2.45, 2.75) is 33.7 Å². The van der Waals surface area contributed by atoms with E-state index >= 15 is 0 Å². The van der Waals surface area contributed by atoms with Gasteiger partial charge in [0.1, 0.15) is 5.82 Å². The lowest BCUT2D eigenvalue weighted by Crippen LogP contribution is -2.36. The maximum absolute atomic E-state index is 13.4. The topological polar surface area (TPSA) is 29.3 Å². The number of hydrogen-bond acceptors (Lipinski definition) is 2. The molecule has 1 rings (SSSR count). The van der Waals surface area contributed by atoms with Gasteiger partial charge in [0, 0.05) is 19.1 Å². The van der Waals surface area contributed by atoms with E-state index < -0.39 is 0 Å². The number of rotatable bonds is 4. The van der Waals surface area contributed by atoms with Gasteiger partial charge in [0.15, 0.2) is 0 Å². The third-order valence-electron chi connectivity index (χ3n) is 3.08. The van der Waals surface area contributed by atoms with Gasteiger partial charge in [-0.25, -0.2) is 4.39 Å². The molecular weight excluding hydrogens is 227 g/mol. The van der Waals surface area contributed by atoms with Crippen LogP contribution in [0.15, 0.2) is 18.2 Å². The molecule has 1 unspecified atom stereocenters. The molecule has 0 aromatic heterocycles. The lowest BCUT2D eigenvalue weighted by molar-refractivity contribution is 0.175. The Labute approximate surface area is 110 Å². The first-order chi connectivity index (χ1) is 8.24. The van der Waals surface area contributed by atoms with Gasteiger partial charge in [0.05, 0.1) is 0 Å². The summed E-state index contributed by atoms with van der Waals surface area (Å²) in [5, 5.41) is 0. The number of nitrogens with zero attached hydrogens (tertiary/aromatic N) is 1. The van der Waals surface area contributed by atoms with Crippen LogP contribution in [0.25, 0.3) is 0 Å². The van der Waals surface area contributed by atoms with Crippen LogP contribution in [0.1, 0.15) is 37.9 Å². The Kier molecular flexibility index (Phi) is 4.88. The summed E-state index contributed by atoms with van der Waals surface area (Å²) in [6.07, 6.45) is 0. The van der Waals surface area contributed by atoms with Crippen molar-refractivity contribution in [3.8, 4) is 0 Å². The Hall–Kier alpha value is -0.930. The monoisotopic (exact) mass is 252 g/mol. The van der Waals surface area contributed by atoms with Crippen molar-refractivity contribution in [2.24, 2.45) is 11.1 Å². The second-order valence-corrected chi connectivity index (χ2v) is 6.23. The van der Waals surface area contributed by atoms with Crippen LogP contribution in [0.5, 0.6) is 0 Å². The van der Waals surface area contributed by atoms with Gasteiger partial charge in [0.25, 0.3) is 0 Å². The first-order valence-electron chi connectivity index (χ1n) is 6.41. The minimum atomic E-state index is -0.196. The van der Waals surface area contributed by atoms with E-state index in [0.29, 0.717) is 6.54 Å². The van der Waals surface area contributed by atoms with Crippen LogP contribution in [0.2, 0.25) is 0 Å². The highest BCUT2D eigenvalue weighted by Gasteiger charge is 2.22. The zero-order chi connectivity index (χ0) is 13.9. The van der Waals surface area contributed by atoms with E-state index in [9.17, 15) is 4.39 Å². The number of benzene rings is 1. The van der Waals surface area contributed by atoms with Crippen molar-refractivity contribution in [1.29, 1.82) is 0 Å². The van der Waals surface area contributed by atoms with Gasteiger partial charge in [-0.05, 0) is 42.6 Å². The quantitative estimate of drug-likeness (QED) is 0.892. The number of halogens is 1. The van der Waals surface area contributed by atoms with E-state index in [4.69, 9.17) is 5.73 Å². The molecule has 0 spiro atoms. The molecule has 3 heteroatoms. The minimum Gasteiger partial charge on any atom is -0.329 e. The van der Waals surface area contributed by atoms with Gasteiger partial charge in [-0.3, -0.25) is 4.90 Å². The van der Waals surface area contributed by atoms with Crippen LogP contribution in [0, 0.1) is 18.2 Å². The molecule has 18 heavy (non-hydrogen) atoms. The largest absolute Gasteiger partial charge is 0.329 e. The smallest absolute Gasteiger partial charge is 0.123 e. The van der Waals surface area contributed by atoms with E-state index in [1.807, 2.05) is 20.0 Å². The molecule has 0 radical (unpaired) electrons. The Morgan fingerprint density at radius 3 is 2.44 bits per heavy atom. The van der Waals surface area contributed by atoms with E-state index in [2.05, 4.69) is 25.7 Å². The Bertz CT molecular complexity index is 396. The summed E-state index contributed by atoms with van der Waals surface area (Å²) in [6.45, 7) is 9.99.